The van der Waals surface area contributed by atoms with E-state index >= 15 is 0 Å². The van der Waals surface area contributed by atoms with E-state index in [1.54, 1.807) is 0 Å². The maximum atomic E-state index is 9.51. The van der Waals surface area contributed by atoms with E-state index in [0.29, 0.717) is 6.04 Å². The summed E-state index contributed by atoms with van der Waals surface area (Å²) in [4.78, 5) is 5.07. The molecule has 25 heavy (non-hydrogen) atoms. The molecule has 1 atom stereocenters. The fourth-order valence-corrected chi connectivity index (χ4v) is 3.69. The standard InChI is InChI=1S/C22H30N2O/c1-18-7-9-20(10-8-18)15-24-13-12-23(17-22(24)11-14-25)16-21-6-4-3-5-19(21)2/h3-10,22,25H,11-17H2,1-2H3. The van der Waals surface area contributed by atoms with Gasteiger partial charge in [0.2, 0.25) is 0 Å². The Hall–Kier alpha value is -1.68. The van der Waals surface area contributed by atoms with Crippen molar-refractivity contribution in [3.8, 4) is 0 Å². The summed E-state index contributed by atoms with van der Waals surface area (Å²) < 4.78 is 0. The molecule has 0 aliphatic carbocycles. The van der Waals surface area contributed by atoms with Gasteiger partial charge in [0.05, 0.1) is 0 Å². The van der Waals surface area contributed by atoms with Crippen LogP contribution in [0.4, 0.5) is 0 Å². The van der Waals surface area contributed by atoms with E-state index in [0.717, 1.165) is 39.1 Å². The zero-order valence-electron chi connectivity index (χ0n) is 15.5. The molecule has 1 aliphatic heterocycles. The van der Waals surface area contributed by atoms with Crippen LogP contribution in [-0.2, 0) is 13.1 Å². The van der Waals surface area contributed by atoms with Gasteiger partial charge in [0.15, 0.2) is 0 Å². The van der Waals surface area contributed by atoms with Gasteiger partial charge < -0.3 is 5.11 Å². The van der Waals surface area contributed by atoms with Crippen LogP contribution in [0.5, 0.6) is 0 Å². The molecule has 1 heterocycles. The summed E-state index contributed by atoms with van der Waals surface area (Å²) in [5.74, 6) is 0. The topological polar surface area (TPSA) is 26.7 Å². The second-order valence-electron chi connectivity index (χ2n) is 7.28. The number of rotatable bonds is 6. The Bertz CT molecular complexity index is 668. The first-order valence-electron chi connectivity index (χ1n) is 9.33. The molecule has 1 aliphatic rings. The van der Waals surface area contributed by atoms with E-state index in [1.807, 2.05) is 0 Å². The Kier molecular flexibility index (Phi) is 6.24. The van der Waals surface area contributed by atoms with Gasteiger partial charge in [-0.3, -0.25) is 9.80 Å². The van der Waals surface area contributed by atoms with E-state index in [4.69, 9.17) is 0 Å². The van der Waals surface area contributed by atoms with Crippen molar-refractivity contribution < 1.29 is 5.11 Å². The van der Waals surface area contributed by atoms with E-state index < -0.39 is 0 Å². The lowest BCUT2D eigenvalue weighted by atomic mass is 10.0. The maximum absolute atomic E-state index is 9.51. The summed E-state index contributed by atoms with van der Waals surface area (Å²) in [6, 6.07) is 17.9. The minimum atomic E-state index is 0.257. The molecule has 0 bridgehead atoms. The average molecular weight is 338 g/mol. The molecule has 1 N–H and O–H groups in total. The fourth-order valence-electron chi connectivity index (χ4n) is 3.69. The van der Waals surface area contributed by atoms with Gasteiger partial charge in [0.1, 0.15) is 0 Å². The van der Waals surface area contributed by atoms with Crippen molar-refractivity contribution in [2.24, 2.45) is 0 Å². The molecule has 0 aromatic heterocycles. The predicted molar refractivity (Wildman–Crippen MR) is 104 cm³/mol. The molecule has 2 aromatic carbocycles. The number of piperazine rings is 1. The Labute approximate surface area is 151 Å². The number of benzene rings is 2. The van der Waals surface area contributed by atoms with E-state index in [-0.39, 0.29) is 6.61 Å². The molecule has 0 amide bonds. The second-order valence-corrected chi connectivity index (χ2v) is 7.28. The van der Waals surface area contributed by atoms with Crippen LogP contribution in [0.1, 0.15) is 28.7 Å². The van der Waals surface area contributed by atoms with Gasteiger partial charge in [-0.15, -0.1) is 0 Å². The lowest BCUT2D eigenvalue weighted by Gasteiger charge is -2.41. The van der Waals surface area contributed by atoms with Crippen LogP contribution in [0.2, 0.25) is 0 Å². The summed E-state index contributed by atoms with van der Waals surface area (Å²) in [7, 11) is 0. The molecule has 1 saturated heterocycles. The number of aliphatic hydroxyl groups excluding tert-OH is 1. The molecule has 1 fully saturated rings. The van der Waals surface area contributed by atoms with Gasteiger partial charge in [0, 0.05) is 45.4 Å². The van der Waals surface area contributed by atoms with E-state index in [1.165, 1.54) is 22.3 Å². The highest BCUT2D eigenvalue weighted by atomic mass is 16.3. The number of hydrogen-bond acceptors (Lipinski definition) is 3. The lowest BCUT2D eigenvalue weighted by Crippen LogP contribution is -2.52. The molecule has 3 rings (SSSR count). The molecule has 2 aromatic rings. The molecular formula is C22H30N2O. The van der Waals surface area contributed by atoms with Crippen LogP contribution in [0.3, 0.4) is 0 Å². The van der Waals surface area contributed by atoms with Crippen LogP contribution in [0.25, 0.3) is 0 Å². The maximum Gasteiger partial charge on any atom is 0.0446 e. The van der Waals surface area contributed by atoms with Crippen LogP contribution in [0, 0.1) is 13.8 Å². The third-order valence-corrected chi connectivity index (χ3v) is 5.31. The molecule has 134 valence electrons. The molecule has 3 heteroatoms. The molecule has 0 saturated carbocycles. The number of aryl methyl sites for hydroxylation is 2. The Balaban J connectivity index is 1.63. The minimum Gasteiger partial charge on any atom is -0.396 e. The highest BCUT2D eigenvalue weighted by molar-refractivity contribution is 5.25. The minimum absolute atomic E-state index is 0.257. The summed E-state index contributed by atoms with van der Waals surface area (Å²) in [6.07, 6.45) is 0.843. The smallest absolute Gasteiger partial charge is 0.0446 e. The van der Waals surface area contributed by atoms with Crippen molar-refractivity contribution in [1.82, 2.24) is 9.80 Å². The SMILES string of the molecule is Cc1ccc(CN2CCN(Cc3ccccc3C)CC2CCO)cc1. The van der Waals surface area contributed by atoms with Crippen molar-refractivity contribution in [1.29, 1.82) is 0 Å². The molecule has 1 unspecified atom stereocenters. The number of aliphatic hydroxyl groups is 1. The molecular weight excluding hydrogens is 308 g/mol. The summed E-state index contributed by atoms with van der Waals surface area (Å²) in [5, 5.41) is 9.51. The predicted octanol–water partition coefficient (Wildman–Crippen LogP) is 3.37. The van der Waals surface area contributed by atoms with Crippen LogP contribution < -0.4 is 0 Å². The average Bonchev–Trinajstić information content (AvgIpc) is 2.61. The van der Waals surface area contributed by atoms with Crippen molar-refractivity contribution >= 4 is 0 Å². The number of hydrogen-bond donors (Lipinski definition) is 1. The summed E-state index contributed by atoms with van der Waals surface area (Å²) >= 11 is 0. The lowest BCUT2D eigenvalue weighted by molar-refractivity contribution is 0.0499. The molecule has 3 nitrogen and oxygen atoms in total. The first-order valence-corrected chi connectivity index (χ1v) is 9.33. The van der Waals surface area contributed by atoms with Gasteiger partial charge in [-0.1, -0.05) is 54.1 Å². The molecule has 0 radical (unpaired) electrons. The van der Waals surface area contributed by atoms with Gasteiger partial charge >= 0.3 is 0 Å². The summed E-state index contributed by atoms with van der Waals surface area (Å²) in [6.45, 7) is 9.73. The normalized spacial score (nSPS) is 19.2. The van der Waals surface area contributed by atoms with Gasteiger partial charge in [-0.2, -0.15) is 0 Å². The van der Waals surface area contributed by atoms with E-state index in [9.17, 15) is 5.11 Å². The van der Waals surface area contributed by atoms with Crippen molar-refractivity contribution in [2.45, 2.75) is 39.4 Å². The Morgan fingerprint density at radius 3 is 2.44 bits per heavy atom. The Morgan fingerprint density at radius 2 is 1.72 bits per heavy atom. The summed E-state index contributed by atoms with van der Waals surface area (Å²) in [5.41, 5.74) is 5.44. The van der Waals surface area contributed by atoms with Crippen LogP contribution in [0.15, 0.2) is 48.5 Å². The highest BCUT2D eigenvalue weighted by Gasteiger charge is 2.26. The zero-order chi connectivity index (χ0) is 17.6. The first kappa shape index (κ1) is 18.1. The quantitative estimate of drug-likeness (QED) is 0.875. The van der Waals surface area contributed by atoms with Crippen molar-refractivity contribution in [2.75, 3.05) is 26.2 Å². The van der Waals surface area contributed by atoms with Crippen molar-refractivity contribution in [3.05, 3.63) is 70.8 Å². The highest BCUT2D eigenvalue weighted by Crippen LogP contribution is 2.19. The van der Waals surface area contributed by atoms with Crippen LogP contribution in [-0.4, -0.2) is 47.2 Å². The van der Waals surface area contributed by atoms with Gasteiger partial charge in [-0.05, 0) is 37.0 Å². The van der Waals surface area contributed by atoms with Gasteiger partial charge in [0.25, 0.3) is 0 Å². The first-order chi connectivity index (χ1) is 12.2. The third-order valence-electron chi connectivity index (χ3n) is 5.31. The van der Waals surface area contributed by atoms with Gasteiger partial charge in [-0.25, -0.2) is 0 Å². The number of nitrogens with zero attached hydrogens (tertiary/aromatic N) is 2. The second kappa shape index (κ2) is 8.61. The van der Waals surface area contributed by atoms with E-state index in [2.05, 4.69) is 72.2 Å². The zero-order valence-corrected chi connectivity index (χ0v) is 15.5. The largest absolute Gasteiger partial charge is 0.396 e. The third kappa shape index (κ3) is 4.91. The fraction of sp³-hybridized carbons (Fsp3) is 0.455. The van der Waals surface area contributed by atoms with Crippen LogP contribution >= 0.6 is 0 Å². The molecule has 0 spiro atoms. The Morgan fingerprint density at radius 1 is 0.960 bits per heavy atom. The van der Waals surface area contributed by atoms with Crippen molar-refractivity contribution in [3.63, 3.8) is 0 Å². The monoisotopic (exact) mass is 338 g/mol.